The highest BCUT2D eigenvalue weighted by Gasteiger charge is 2.16. The van der Waals surface area contributed by atoms with Crippen molar-refractivity contribution in [3.63, 3.8) is 0 Å². The number of carbonyl (C=O) groups is 1. The Hall–Kier alpha value is -3.30. The second-order valence-corrected chi connectivity index (χ2v) is 7.35. The van der Waals surface area contributed by atoms with Gasteiger partial charge in [0.25, 0.3) is 11.2 Å². The SMILES string of the molecule is Br.O=C(CSc1nc2ccccc2c(=O)n1-c1ccccc1)c1cccc([N+](=O)[O-])c1. The number of thioether (sulfide) groups is 1. The highest BCUT2D eigenvalue weighted by Crippen LogP contribution is 2.23. The van der Waals surface area contributed by atoms with Crippen LogP contribution in [0, 0.1) is 10.1 Å². The topological polar surface area (TPSA) is 95.1 Å². The number of nitro benzene ring substituents is 1. The molecule has 0 unspecified atom stereocenters. The molecule has 9 heteroatoms. The molecule has 0 aliphatic heterocycles. The van der Waals surface area contributed by atoms with Crippen LogP contribution in [-0.2, 0) is 0 Å². The van der Waals surface area contributed by atoms with Crippen molar-refractivity contribution in [3.05, 3.63) is 105 Å². The third-order valence-corrected chi connectivity index (χ3v) is 5.41. The number of fused-ring (bicyclic) bond motifs is 1. The molecule has 1 aromatic heterocycles. The molecule has 0 bridgehead atoms. The molecule has 0 saturated heterocycles. The predicted molar refractivity (Wildman–Crippen MR) is 126 cm³/mol. The standard InChI is InChI=1S/C22H15N3O4S.BrH/c26-20(15-7-6-10-17(13-15)25(28)29)14-30-22-23-19-12-5-4-11-18(19)21(27)24(22)16-8-2-1-3-9-16;/h1-13H,14H2;1H. The van der Waals surface area contributed by atoms with Crippen LogP contribution in [0.4, 0.5) is 5.69 Å². The molecule has 4 aromatic rings. The number of Topliss-reactive ketones (excluding diaryl/α,β-unsaturated/α-hetero) is 1. The zero-order valence-corrected chi connectivity index (χ0v) is 18.5. The Morgan fingerprint density at radius 2 is 1.71 bits per heavy atom. The van der Waals surface area contributed by atoms with Crippen molar-refractivity contribution in [2.24, 2.45) is 0 Å². The van der Waals surface area contributed by atoms with Gasteiger partial charge in [0, 0.05) is 17.7 Å². The number of halogens is 1. The smallest absolute Gasteiger partial charge is 0.270 e. The van der Waals surface area contributed by atoms with Crippen LogP contribution in [0.15, 0.2) is 88.8 Å². The predicted octanol–water partition coefficient (Wildman–Crippen LogP) is 4.85. The monoisotopic (exact) mass is 497 g/mol. The Bertz CT molecular complexity index is 1330. The maximum absolute atomic E-state index is 13.1. The molecule has 0 aliphatic rings. The van der Waals surface area contributed by atoms with Gasteiger partial charge in [-0.25, -0.2) is 4.98 Å². The van der Waals surface area contributed by atoms with E-state index >= 15 is 0 Å². The minimum absolute atomic E-state index is 0. The molecule has 0 aliphatic carbocycles. The second kappa shape index (κ2) is 9.67. The Morgan fingerprint density at radius 3 is 2.45 bits per heavy atom. The van der Waals surface area contributed by atoms with E-state index in [9.17, 15) is 19.7 Å². The molecule has 156 valence electrons. The fourth-order valence-corrected chi connectivity index (χ4v) is 3.93. The third kappa shape index (κ3) is 4.73. The molecule has 7 nitrogen and oxygen atoms in total. The molecule has 1 heterocycles. The van der Waals surface area contributed by atoms with E-state index in [1.807, 2.05) is 18.2 Å². The average molecular weight is 498 g/mol. The first-order chi connectivity index (χ1) is 14.5. The summed E-state index contributed by atoms with van der Waals surface area (Å²) in [4.78, 5) is 40.8. The van der Waals surface area contributed by atoms with E-state index in [-0.39, 0.29) is 45.3 Å². The number of hydrogen-bond acceptors (Lipinski definition) is 6. The Morgan fingerprint density at radius 1 is 1.00 bits per heavy atom. The first-order valence-corrected chi connectivity index (χ1v) is 10.0. The lowest BCUT2D eigenvalue weighted by Crippen LogP contribution is -2.22. The number of nitrogens with zero attached hydrogens (tertiary/aromatic N) is 3. The summed E-state index contributed by atoms with van der Waals surface area (Å²) in [5.74, 6) is -0.301. The largest absolute Gasteiger partial charge is 0.293 e. The number of para-hydroxylation sites is 2. The van der Waals surface area contributed by atoms with Crippen LogP contribution < -0.4 is 5.56 Å². The van der Waals surface area contributed by atoms with Crippen LogP contribution >= 0.6 is 28.7 Å². The van der Waals surface area contributed by atoms with Crippen LogP contribution in [-0.4, -0.2) is 26.0 Å². The van der Waals surface area contributed by atoms with Gasteiger partial charge in [0.2, 0.25) is 0 Å². The molecule has 3 aromatic carbocycles. The van der Waals surface area contributed by atoms with Crippen molar-refractivity contribution in [2.75, 3.05) is 5.75 Å². The van der Waals surface area contributed by atoms with Crippen molar-refractivity contribution in [2.45, 2.75) is 5.16 Å². The van der Waals surface area contributed by atoms with E-state index in [4.69, 9.17) is 0 Å². The van der Waals surface area contributed by atoms with E-state index in [2.05, 4.69) is 4.98 Å². The van der Waals surface area contributed by atoms with Crippen LogP contribution in [0.1, 0.15) is 10.4 Å². The summed E-state index contributed by atoms with van der Waals surface area (Å²) < 4.78 is 1.48. The number of non-ortho nitro benzene ring substituents is 1. The summed E-state index contributed by atoms with van der Waals surface area (Å²) in [7, 11) is 0. The van der Waals surface area contributed by atoms with E-state index in [0.29, 0.717) is 21.7 Å². The second-order valence-electron chi connectivity index (χ2n) is 6.41. The molecule has 31 heavy (non-hydrogen) atoms. The first kappa shape index (κ1) is 22.4. The fraction of sp³-hybridized carbons (Fsp3) is 0.0455. The number of rotatable bonds is 6. The maximum atomic E-state index is 13.1. The van der Waals surface area contributed by atoms with Crippen LogP contribution in [0.3, 0.4) is 0 Å². The Labute approximate surface area is 191 Å². The fourth-order valence-electron chi connectivity index (χ4n) is 3.02. The minimum atomic E-state index is -0.540. The summed E-state index contributed by atoms with van der Waals surface area (Å²) in [5, 5.41) is 11.8. The lowest BCUT2D eigenvalue weighted by atomic mass is 10.1. The number of nitro groups is 1. The average Bonchev–Trinajstić information content (AvgIpc) is 2.78. The van der Waals surface area contributed by atoms with Gasteiger partial charge in [0.05, 0.1) is 27.3 Å². The van der Waals surface area contributed by atoms with Crippen molar-refractivity contribution in [1.82, 2.24) is 9.55 Å². The number of carbonyl (C=O) groups excluding carboxylic acids is 1. The highest BCUT2D eigenvalue weighted by atomic mass is 79.9. The van der Waals surface area contributed by atoms with Gasteiger partial charge >= 0.3 is 0 Å². The first-order valence-electron chi connectivity index (χ1n) is 9.02. The lowest BCUT2D eigenvalue weighted by molar-refractivity contribution is -0.384. The van der Waals surface area contributed by atoms with Gasteiger partial charge in [-0.1, -0.05) is 54.2 Å². The van der Waals surface area contributed by atoms with Gasteiger partial charge in [-0.3, -0.25) is 24.3 Å². The van der Waals surface area contributed by atoms with Crippen molar-refractivity contribution in [1.29, 1.82) is 0 Å². The van der Waals surface area contributed by atoms with Gasteiger partial charge in [0.1, 0.15) is 0 Å². The number of benzene rings is 3. The third-order valence-electron chi connectivity index (χ3n) is 4.47. The minimum Gasteiger partial charge on any atom is -0.293 e. The van der Waals surface area contributed by atoms with Gasteiger partial charge in [0.15, 0.2) is 10.9 Å². The Balaban J connectivity index is 0.00000272. The molecule has 0 fully saturated rings. The van der Waals surface area contributed by atoms with Crippen molar-refractivity contribution in [3.8, 4) is 5.69 Å². The molecular weight excluding hydrogens is 482 g/mol. The van der Waals surface area contributed by atoms with Crippen molar-refractivity contribution < 1.29 is 9.72 Å². The highest BCUT2D eigenvalue weighted by molar-refractivity contribution is 8.93. The van der Waals surface area contributed by atoms with Crippen LogP contribution in [0.5, 0.6) is 0 Å². The van der Waals surface area contributed by atoms with E-state index in [1.165, 1.54) is 28.8 Å². The van der Waals surface area contributed by atoms with Crippen LogP contribution in [0.25, 0.3) is 16.6 Å². The number of aromatic nitrogens is 2. The molecule has 0 radical (unpaired) electrons. The molecule has 0 amide bonds. The number of hydrogen-bond donors (Lipinski definition) is 0. The van der Waals surface area contributed by atoms with Gasteiger partial charge in [-0.2, -0.15) is 0 Å². The van der Waals surface area contributed by atoms with E-state index in [1.54, 1.807) is 36.4 Å². The molecule has 0 spiro atoms. The van der Waals surface area contributed by atoms with Crippen molar-refractivity contribution >= 4 is 51.1 Å². The summed E-state index contributed by atoms with van der Waals surface area (Å²) >= 11 is 1.12. The van der Waals surface area contributed by atoms with Gasteiger partial charge < -0.3 is 0 Å². The number of ketones is 1. The summed E-state index contributed by atoms with van der Waals surface area (Å²) in [6, 6.07) is 21.7. The summed E-state index contributed by atoms with van der Waals surface area (Å²) in [6.07, 6.45) is 0. The molecule has 0 atom stereocenters. The molecule has 4 rings (SSSR count). The molecular formula is C22H16BrN3O4S. The summed E-state index contributed by atoms with van der Waals surface area (Å²) in [5.41, 5.74) is 1.06. The van der Waals surface area contributed by atoms with E-state index < -0.39 is 4.92 Å². The van der Waals surface area contributed by atoms with Gasteiger partial charge in [-0.15, -0.1) is 17.0 Å². The normalized spacial score (nSPS) is 10.5. The zero-order chi connectivity index (χ0) is 21.1. The van der Waals surface area contributed by atoms with Gasteiger partial charge in [-0.05, 0) is 24.3 Å². The lowest BCUT2D eigenvalue weighted by Gasteiger charge is -2.13. The van der Waals surface area contributed by atoms with E-state index in [0.717, 1.165) is 11.8 Å². The summed E-state index contributed by atoms with van der Waals surface area (Å²) in [6.45, 7) is 0. The maximum Gasteiger partial charge on any atom is 0.270 e. The zero-order valence-electron chi connectivity index (χ0n) is 16.0. The molecule has 0 saturated carbocycles. The Kier molecular flexibility index (Phi) is 6.98. The quantitative estimate of drug-likeness (QED) is 0.124. The van der Waals surface area contributed by atoms with Crippen LogP contribution in [0.2, 0.25) is 0 Å². The molecule has 0 N–H and O–H groups in total.